The van der Waals surface area contributed by atoms with Crippen LogP contribution in [0.15, 0.2) is 24.3 Å². The van der Waals surface area contributed by atoms with Gasteiger partial charge in [-0.25, -0.2) is 9.18 Å². The third-order valence-corrected chi connectivity index (χ3v) is 2.18. The molecule has 0 fully saturated rings. The van der Waals surface area contributed by atoms with E-state index in [0.29, 0.717) is 0 Å². The van der Waals surface area contributed by atoms with Crippen molar-refractivity contribution >= 4 is 11.8 Å². The van der Waals surface area contributed by atoms with Gasteiger partial charge in [0.15, 0.2) is 11.9 Å². The Morgan fingerprint density at radius 2 is 1.82 bits per heavy atom. The van der Waals surface area contributed by atoms with Gasteiger partial charge >= 0.3 is 5.97 Å². The SMILES string of the molecule is O=C(O)[C@@H](O)CC(=O)[C@H](O)c1ccccc1F. The molecule has 0 bridgehead atoms. The number of carboxylic acids is 1. The van der Waals surface area contributed by atoms with Gasteiger partial charge in [0, 0.05) is 12.0 Å². The first-order chi connectivity index (χ1) is 7.93. The molecule has 0 heterocycles. The molecule has 92 valence electrons. The van der Waals surface area contributed by atoms with E-state index >= 15 is 0 Å². The zero-order valence-electron chi connectivity index (χ0n) is 8.71. The van der Waals surface area contributed by atoms with Gasteiger partial charge in [-0.2, -0.15) is 0 Å². The highest BCUT2D eigenvalue weighted by Crippen LogP contribution is 2.19. The zero-order valence-corrected chi connectivity index (χ0v) is 8.71. The lowest BCUT2D eigenvalue weighted by molar-refractivity contribution is -0.150. The molecule has 0 aliphatic rings. The van der Waals surface area contributed by atoms with Crippen molar-refractivity contribution in [2.75, 3.05) is 0 Å². The minimum absolute atomic E-state index is 0.241. The lowest BCUT2D eigenvalue weighted by Crippen LogP contribution is -2.26. The molecule has 1 aromatic rings. The summed E-state index contributed by atoms with van der Waals surface area (Å²) in [6.45, 7) is 0. The van der Waals surface area contributed by atoms with E-state index in [0.717, 1.165) is 6.07 Å². The molecule has 2 atom stereocenters. The fourth-order valence-electron chi connectivity index (χ4n) is 1.26. The molecule has 0 unspecified atom stereocenters. The second-order valence-corrected chi connectivity index (χ2v) is 3.45. The molecular weight excluding hydrogens is 231 g/mol. The van der Waals surface area contributed by atoms with Gasteiger partial charge in [-0.1, -0.05) is 18.2 Å². The van der Waals surface area contributed by atoms with E-state index in [9.17, 15) is 19.1 Å². The van der Waals surface area contributed by atoms with Crippen LogP contribution in [0.1, 0.15) is 18.1 Å². The molecule has 0 aliphatic carbocycles. The molecule has 0 spiro atoms. The maximum Gasteiger partial charge on any atom is 0.332 e. The number of carbonyl (C=O) groups excluding carboxylic acids is 1. The van der Waals surface area contributed by atoms with Crippen molar-refractivity contribution in [1.82, 2.24) is 0 Å². The molecule has 5 nitrogen and oxygen atoms in total. The zero-order chi connectivity index (χ0) is 13.0. The largest absolute Gasteiger partial charge is 0.479 e. The second-order valence-electron chi connectivity index (χ2n) is 3.45. The highest BCUT2D eigenvalue weighted by atomic mass is 19.1. The summed E-state index contributed by atoms with van der Waals surface area (Å²) in [6, 6.07) is 5.11. The highest BCUT2D eigenvalue weighted by molar-refractivity contribution is 5.88. The molecule has 1 aromatic carbocycles. The topological polar surface area (TPSA) is 94.8 Å². The van der Waals surface area contributed by atoms with Gasteiger partial charge in [0.2, 0.25) is 0 Å². The average Bonchev–Trinajstić information content (AvgIpc) is 2.28. The molecule has 0 saturated heterocycles. The van der Waals surface area contributed by atoms with Gasteiger partial charge in [-0.05, 0) is 6.07 Å². The van der Waals surface area contributed by atoms with E-state index in [1.165, 1.54) is 18.2 Å². The lowest BCUT2D eigenvalue weighted by atomic mass is 10.0. The molecule has 0 saturated carbocycles. The smallest absolute Gasteiger partial charge is 0.332 e. The number of hydrogen-bond donors (Lipinski definition) is 3. The molecule has 3 N–H and O–H groups in total. The molecular formula is C11H11FO5. The van der Waals surface area contributed by atoms with Gasteiger partial charge in [-0.15, -0.1) is 0 Å². The van der Waals surface area contributed by atoms with E-state index in [-0.39, 0.29) is 5.56 Å². The summed E-state index contributed by atoms with van der Waals surface area (Å²) in [7, 11) is 0. The van der Waals surface area contributed by atoms with Crippen molar-refractivity contribution in [2.45, 2.75) is 18.6 Å². The Morgan fingerprint density at radius 1 is 1.24 bits per heavy atom. The first-order valence-electron chi connectivity index (χ1n) is 4.79. The fraction of sp³-hybridized carbons (Fsp3) is 0.273. The summed E-state index contributed by atoms with van der Waals surface area (Å²) in [6.07, 6.45) is -4.45. The molecule has 1 rings (SSSR count). The Labute approximate surface area is 96.1 Å². The number of aliphatic hydroxyl groups is 2. The molecule has 17 heavy (non-hydrogen) atoms. The van der Waals surface area contributed by atoms with E-state index in [1.807, 2.05) is 0 Å². The number of aliphatic hydroxyl groups excluding tert-OH is 2. The Hall–Kier alpha value is -1.79. The number of carbonyl (C=O) groups is 2. The standard InChI is InChI=1S/C11H11FO5/c12-7-4-2-1-3-6(7)10(15)8(13)5-9(14)11(16)17/h1-4,9-10,14-15H,5H2,(H,16,17)/t9-,10+/m0/s1. The number of hydrogen-bond acceptors (Lipinski definition) is 4. The van der Waals surface area contributed by atoms with Crippen LogP contribution in [0.25, 0.3) is 0 Å². The normalized spacial score (nSPS) is 14.1. The second kappa shape index (κ2) is 5.51. The van der Waals surface area contributed by atoms with Crippen molar-refractivity contribution < 1.29 is 29.3 Å². The molecule has 0 aliphatic heterocycles. The predicted molar refractivity (Wildman–Crippen MR) is 54.6 cm³/mol. The molecule has 6 heteroatoms. The minimum atomic E-state index is -1.90. The summed E-state index contributed by atoms with van der Waals surface area (Å²) in [5.41, 5.74) is -0.241. The van der Waals surface area contributed by atoms with E-state index in [4.69, 9.17) is 10.2 Å². The van der Waals surface area contributed by atoms with Gasteiger partial charge in [0.25, 0.3) is 0 Å². The van der Waals surface area contributed by atoms with Gasteiger partial charge < -0.3 is 15.3 Å². The van der Waals surface area contributed by atoms with Crippen LogP contribution in [0.2, 0.25) is 0 Å². The Bertz CT molecular complexity index is 432. The summed E-state index contributed by atoms with van der Waals surface area (Å²) in [5.74, 6) is -3.29. The van der Waals surface area contributed by atoms with Crippen molar-refractivity contribution in [2.24, 2.45) is 0 Å². The number of carboxylic acid groups (broad SMARTS) is 1. The van der Waals surface area contributed by atoms with Crippen LogP contribution in [-0.4, -0.2) is 33.2 Å². The van der Waals surface area contributed by atoms with Gasteiger partial charge in [0.05, 0.1) is 0 Å². The third-order valence-electron chi connectivity index (χ3n) is 2.18. The molecule has 0 radical (unpaired) electrons. The fourth-order valence-corrected chi connectivity index (χ4v) is 1.26. The summed E-state index contributed by atoms with van der Waals surface area (Å²) in [4.78, 5) is 21.7. The predicted octanol–water partition coefficient (Wildman–Crippen LogP) is 0.264. The van der Waals surface area contributed by atoms with Crippen molar-refractivity contribution in [3.8, 4) is 0 Å². The van der Waals surface area contributed by atoms with Crippen LogP contribution in [0.4, 0.5) is 4.39 Å². The first kappa shape index (κ1) is 13.3. The maximum atomic E-state index is 13.2. The minimum Gasteiger partial charge on any atom is -0.479 e. The quantitative estimate of drug-likeness (QED) is 0.688. The molecule has 0 aromatic heterocycles. The Balaban J connectivity index is 2.77. The van der Waals surface area contributed by atoms with Crippen molar-refractivity contribution in [3.05, 3.63) is 35.6 Å². The summed E-state index contributed by atoms with van der Waals surface area (Å²) >= 11 is 0. The number of Topliss-reactive ketones (excluding diaryl/α,β-unsaturated/α-hetero) is 1. The van der Waals surface area contributed by atoms with Crippen LogP contribution < -0.4 is 0 Å². The third kappa shape index (κ3) is 3.33. The number of benzene rings is 1. The van der Waals surface area contributed by atoms with E-state index in [2.05, 4.69) is 0 Å². The van der Waals surface area contributed by atoms with E-state index in [1.54, 1.807) is 0 Å². The van der Waals surface area contributed by atoms with Gasteiger partial charge in [-0.3, -0.25) is 4.79 Å². The summed E-state index contributed by atoms with van der Waals surface area (Å²) in [5, 5.41) is 26.8. The van der Waals surface area contributed by atoms with Gasteiger partial charge in [0.1, 0.15) is 11.9 Å². The number of ketones is 1. The monoisotopic (exact) mass is 242 g/mol. The highest BCUT2D eigenvalue weighted by Gasteiger charge is 2.25. The van der Waals surface area contributed by atoms with Crippen LogP contribution in [0.5, 0.6) is 0 Å². The number of halogens is 1. The van der Waals surface area contributed by atoms with Crippen LogP contribution >= 0.6 is 0 Å². The Kier molecular flexibility index (Phi) is 4.30. The summed E-state index contributed by atoms with van der Waals surface area (Å²) < 4.78 is 13.2. The maximum absolute atomic E-state index is 13.2. The number of aliphatic carboxylic acids is 1. The van der Waals surface area contributed by atoms with Crippen molar-refractivity contribution in [3.63, 3.8) is 0 Å². The Morgan fingerprint density at radius 3 is 2.35 bits per heavy atom. The average molecular weight is 242 g/mol. The van der Waals surface area contributed by atoms with E-state index < -0.39 is 36.2 Å². The van der Waals surface area contributed by atoms with Crippen LogP contribution in [0.3, 0.4) is 0 Å². The van der Waals surface area contributed by atoms with Crippen LogP contribution in [0, 0.1) is 5.82 Å². The first-order valence-corrected chi connectivity index (χ1v) is 4.79. The van der Waals surface area contributed by atoms with Crippen LogP contribution in [-0.2, 0) is 9.59 Å². The number of rotatable bonds is 5. The molecule has 0 amide bonds. The lowest BCUT2D eigenvalue weighted by Gasteiger charge is -2.11. The van der Waals surface area contributed by atoms with Crippen molar-refractivity contribution in [1.29, 1.82) is 0 Å².